The molecule has 3 unspecified atom stereocenters. The summed E-state index contributed by atoms with van der Waals surface area (Å²) in [4.78, 5) is 0. The molecule has 2 aromatic rings. The summed E-state index contributed by atoms with van der Waals surface area (Å²) in [5.74, 6) is -1.77. The second-order valence-electron chi connectivity index (χ2n) is 10.0. The van der Waals surface area contributed by atoms with E-state index in [0.717, 1.165) is 31.2 Å². The van der Waals surface area contributed by atoms with Crippen molar-refractivity contribution in [2.45, 2.75) is 76.5 Å². The van der Waals surface area contributed by atoms with E-state index in [9.17, 15) is 9.50 Å². The molecule has 2 heterocycles. The van der Waals surface area contributed by atoms with Crippen LogP contribution in [0, 0.1) is 11.7 Å². The number of halogens is 2. The van der Waals surface area contributed by atoms with Gasteiger partial charge in [0.2, 0.25) is 5.79 Å². The van der Waals surface area contributed by atoms with Gasteiger partial charge in [0.25, 0.3) is 0 Å². The normalized spacial score (nSPS) is 29.6. The molecule has 0 aromatic heterocycles. The fourth-order valence-corrected chi connectivity index (χ4v) is 5.29. The van der Waals surface area contributed by atoms with Gasteiger partial charge in [-0.1, -0.05) is 63.4 Å². The zero-order valence-electron chi connectivity index (χ0n) is 21.5. The average Bonchev–Trinajstić information content (AvgIpc) is 3.26. The first-order valence-corrected chi connectivity index (χ1v) is 13.5. The molecule has 2 aliphatic heterocycles. The standard InChI is InChI=1S/C29H38ClFO5/c1-4-6-14-33-26-20(3)28(18-32)19-35-29(36-28,27(26)34-15-7-5-2)23-10-13-25(31)22(17-23)16-21-8-11-24(30)12-9-21/h8-13,17,20,26-27,32H,4-7,14-16,18-19H2,1-3H3/t20-,26-,27?,28?,29?/m0/s1. The lowest BCUT2D eigenvalue weighted by Crippen LogP contribution is -2.63. The summed E-state index contributed by atoms with van der Waals surface area (Å²) in [6, 6.07) is 12.3. The number of fused-ring (bicyclic) bond motifs is 2. The van der Waals surface area contributed by atoms with Gasteiger partial charge >= 0.3 is 0 Å². The highest BCUT2D eigenvalue weighted by Gasteiger charge is 2.67. The Bertz CT molecular complexity index is 1000. The van der Waals surface area contributed by atoms with Crippen LogP contribution < -0.4 is 0 Å². The molecule has 4 rings (SSSR count). The van der Waals surface area contributed by atoms with E-state index in [2.05, 4.69) is 13.8 Å². The maximum absolute atomic E-state index is 15.0. The molecule has 2 saturated heterocycles. The SMILES string of the molecule is CCCCOC1[C@@H](OCCCC)[C@H](C)C2(CO)COC1(c1ccc(F)c(Cc3ccc(Cl)cc3)c1)O2. The van der Waals surface area contributed by atoms with Crippen LogP contribution in [0.2, 0.25) is 5.02 Å². The second kappa shape index (κ2) is 11.9. The minimum Gasteiger partial charge on any atom is -0.393 e. The third kappa shape index (κ3) is 5.35. The van der Waals surface area contributed by atoms with Crippen LogP contribution in [0.4, 0.5) is 4.39 Å². The zero-order valence-corrected chi connectivity index (χ0v) is 22.2. The van der Waals surface area contributed by atoms with Crippen molar-refractivity contribution in [1.29, 1.82) is 0 Å². The lowest BCUT2D eigenvalue weighted by atomic mass is 9.78. The summed E-state index contributed by atoms with van der Waals surface area (Å²) in [5.41, 5.74) is 1.21. The van der Waals surface area contributed by atoms with E-state index >= 15 is 0 Å². The molecule has 0 radical (unpaired) electrons. The molecule has 2 bridgehead atoms. The highest BCUT2D eigenvalue weighted by atomic mass is 35.5. The highest BCUT2D eigenvalue weighted by molar-refractivity contribution is 6.30. The zero-order chi connectivity index (χ0) is 25.8. The van der Waals surface area contributed by atoms with Gasteiger partial charge in [0.1, 0.15) is 17.5 Å². The Labute approximate surface area is 218 Å². The van der Waals surface area contributed by atoms with E-state index in [1.807, 2.05) is 19.1 Å². The fraction of sp³-hybridized carbons (Fsp3) is 0.586. The Hall–Kier alpha value is -1.54. The first kappa shape index (κ1) is 27.5. The van der Waals surface area contributed by atoms with E-state index in [1.54, 1.807) is 24.3 Å². The monoisotopic (exact) mass is 520 g/mol. The number of rotatable bonds is 12. The minimum atomic E-state index is -1.30. The highest BCUT2D eigenvalue weighted by Crippen LogP contribution is 2.53. The van der Waals surface area contributed by atoms with Gasteiger partial charge in [-0.15, -0.1) is 0 Å². The molecular weight excluding hydrogens is 483 g/mol. The van der Waals surface area contributed by atoms with Crippen molar-refractivity contribution in [2.24, 2.45) is 5.92 Å². The Kier molecular flexibility index (Phi) is 9.08. The molecular formula is C29H38ClFO5. The van der Waals surface area contributed by atoms with Gasteiger partial charge in [0.05, 0.1) is 19.3 Å². The molecule has 2 aliphatic rings. The Morgan fingerprint density at radius 3 is 2.42 bits per heavy atom. The van der Waals surface area contributed by atoms with Crippen molar-refractivity contribution >= 4 is 11.6 Å². The molecule has 0 aliphatic carbocycles. The van der Waals surface area contributed by atoms with Gasteiger partial charge in [0, 0.05) is 36.1 Å². The fourth-order valence-electron chi connectivity index (χ4n) is 5.16. The summed E-state index contributed by atoms with van der Waals surface area (Å²) < 4.78 is 40.9. The topological polar surface area (TPSA) is 57.2 Å². The Morgan fingerprint density at radius 1 is 1.06 bits per heavy atom. The van der Waals surface area contributed by atoms with Crippen LogP contribution in [0.15, 0.2) is 42.5 Å². The van der Waals surface area contributed by atoms with E-state index in [1.165, 1.54) is 6.07 Å². The lowest BCUT2D eigenvalue weighted by Gasteiger charge is -2.50. The second-order valence-corrected chi connectivity index (χ2v) is 10.4. The first-order valence-electron chi connectivity index (χ1n) is 13.1. The van der Waals surface area contributed by atoms with Crippen molar-refractivity contribution in [3.63, 3.8) is 0 Å². The number of unbranched alkanes of at least 4 members (excludes halogenated alkanes) is 2. The number of aliphatic hydroxyl groups is 1. The Morgan fingerprint density at radius 2 is 1.75 bits per heavy atom. The van der Waals surface area contributed by atoms with Crippen LogP contribution in [0.5, 0.6) is 0 Å². The molecule has 198 valence electrons. The van der Waals surface area contributed by atoms with Crippen LogP contribution in [-0.2, 0) is 31.2 Å². The lowest BCUT2D eigenvalue weighted by molar-refractivity contribution is -0.333. The molecule has 0 spiro atoms. The van der Waals surface area contributed by atoms with E-state index in [0.29, 0.717) is 35.8 Å². The van der Waals surface area contributed by atoms with Gasteiger partial charge in [0.15, 0.2) is 0 Å². The van der Waals surface area contributed by atoms with Crippen LogP contribution in [0.1, 0.15) is 63.1 Å². The van der Waals surface area contributed by atoms with Crippen molar-refractivity contribution in [3.8, 4) is 0 Å². The molecule has 2 aromatic carbocycles. The largest absolute Gasteiger partial charge is 0.393 e. The van der Waals surface area contributed by atoms with Gasteiger partial charge in [-0.3, -0.25) is 0 Å². The molecule has 5 atom stereocenters. The van der Waals surface area contributed by atoms with Crippen molar-refractivity contribution in [2.75, 3.05) is 26.4 Å². The molecule has 0 saturated carbocycles. The molecule has 7 heteroatoms. The molecule has 0 amide bonds. The van der Waals surface area contributed by atoms with Crippen molar-refractivity contribution < 1.29 is 28.4 Å². The number of ether oxygens (including phenoxy) is 4. The van der Waals surface area contributed by atoms with E-state index < -0.39 is 17.5 Å². The summed E-state index contributed by atoms with van der Waals surface area (Å²) in [6.45, 7) is 7.37. The first-order chi connectivity index (χ1) is 17.4. The summed E-state index contributed by atoms with van der Waals surface area (Å²) in [5, 5.41) is 11.1. The van der Waals surface area contributed by atoms with Gasteiger partial charge < -0.3 is 24.1 Å². The Balaban J connectivity index is 1.73. The number of aliphatic hydroxyl groups excluding tert-OH is 1. The van der Waals surface area contributed by atoms with E-state index in [-0.39, 0.29) is 31.1 Å². The molecule has 1 N–H and O–H groups in total. The molecule has 2 fully saturated rings. The predicted octanol–water partition coefficient (Wildman–Crippen LogP) is 6.02. The number of hydrogen-bond donors (Lipinski definition) is 1. The predicted molar refractivity (Wildman–Crippen MR) is 138 cm³/mol. The number of benzene rings is 2. The van der Waals surface area contributed by atoms with Crippen molar-refractivity contribution in [1.82, 2.24) is 0 Å². The van der Waals surface area contributed by atoms with Crippen molar-refractivity contribution in [3.05, 3.63) is 70.0 Å². The molecule has 5 nitrogen and oxygen atoms in total. The van der Waals surface area contributed by atoms with Crippen LogP contribution in [0.25, 0.3) is 0 Å². The minimum absolute atomic E-state index is 0.157. The van der Waals surface area contributed by atoms with E-state index in [4.69, 9.17) is 30.5 Å². The summed E-state index contributed by atoms with van der Waals surface area (Å²) in [6.07, 6.45) is 3.30. The van der Waals surface area contributed by atoms with Gasteiger partial charge in [-0.25, -0.2) is 4.39 Å². The number of hydrogen-bond acceptors (Lipinski definition) is 5. The smallest absolute Gasteiger partial charge is 0.225 e. The maximum Gasteiger partial charge on any atom is 0.225 e. The van der Waals surface area contributed by atoms with Crippen LogP contribution >= 0.6 is 11.6 Å². The third-order valence-electron chi connectivity index (χ3n) is 7.51. The van der Waals surface area contributed by atoms with Gasteiger partial charge in [-0.05, 0) is 48.2 Å². The van der Waals surface area contributed by atoms with Crippen LogP contribution in [0.3, 0.4) is 0 Å². The molecule has 36 heavy (non-hydrogen) atoms. The van der Waals surface area contributed by atoms with Gasteiger partial charge in [-0.2, -0.15) is 0 Å². The third-order valence-corrected chi connectivity index (χ3v) is 7.76. The summed E-state index contributed by atoms with van der Waals surface area (Å²) >= 11 is 6.03. The quantitative estimate of drug-likeness (QED) is 0.347. The maximum atomic E-state index is 15.0. The summed E-state index contributed by atoms with van der Waals surface area (Å²) in [7, 11) is 0. The van der Waals surface area contributed by atoms with Crippen LogP contribution in [-0.4, -0.2) is 49.3 Å². The average molecular weight is 521 g/mol.